The van der Waals surface area contributed by atoms with Crippen LogP contribution in [0, 0.1) is 0 Å². The van der Waals surface area contributed by atoms with Crippen LogP contribution in [0.3, 0.4) is 0 Å². The predicted octanol–water partition coefficient (Wildman–Crippen LogP) is 1.48. The van der Waals surface area contributed by atoms with Crippen LogP contribution < -0.4 is 0 Å². The summed E-state index contributed by atoms with van der Waals surface area (Å²) in [5.74, 6) is -0.729. The maximum atomic E-state index is 10.4. The summed E-state index contributed by atoms with van der Waals surface area (Å²) in [5, 5.41) is 17.6. The van der Waals surface area contributed by atoms with E-state index in [0.29, 0.717) is 19.0 Å². The van der Waals surface area contributed by atoms with E-state index in [1.54, 1.807) is 0 Å². The Morgan fingerprint density at radius 1 is 1.19 bits per heavy atom. The van der Waals surface area contributed by atoms with Gasteiger partial charge in [-0.05, 0) is 25.8 Å². The molecule has 0 aromatic rings. The van der Waals surface area contributed by atoms with Crippen LogP contribution in [0.5, 0.6) is 0 Å². The highest BCUT2D eigenvalue weighted by molar-refractivity contribution is 5.66. The zero-order valence-electron chi connectivity index (χ0n) is 9.90. The van der Waals surface area contributed by atoms with E-state index in [-0.39, 0.29) is 13.0 Å². The smallest absolute Gasteiger partial charge is 0.303 e. The number of hydrogen-bond donors (Lipinski definition) is 2. The minimum atomic E-state index is -0.729. The number of aliphatic hydroxyl groups excluding tert-OH is 1. The Bertz CT molecular complexity index is 202. The van der Waals surface area contributed by atoms with Crippen LogP contribution in [0.4, 0.5) is 0 Å². The van der Waals surface area contributed by atoms with Gasteiger partial charge in [-0.2, -0.15) is 0 Å². The SMILES string of the molecule is O=C(O)CCCN(CCO)C1CCCCC1. The molecule has 0 unspecified atom stereocenters. The number of carbonyl (C=O) groups is 1. The highest BCUT2D eigenvalue weighted by atomic mass is 16.4. The lowest BCUT2D eigenvalue weighted by molar-refractivity contribution is -0.137. The Hall–Kier alpha value is -0.610. The van der Waals surface area contributed by atoms with Crippen molar-refractivity contribution in [3.63, 3.8) is 0 Å². The van der Waals surface area contributed by atoms with Crippen molar-refractivity contribution in [1.29, 1.82) is 0 Å². The summed E-state index contributed by atoms with van der Waals surface area (Å²) >= 11 is 0. The number of carboxylic acids is 1. The Morgan fingerprint density at radius 2 is 1.88 bits per heavy atom. The van der Waals surface area contributed by atoms with Gasteiger partial charge in [0.25, 0.3) is 0 Å². The summed E-state index contributed by atoms with van der Waals surface area (Å²) in [4.78, 5) is 12.7. The molecule has 4 heteroatoms. The molecule has 1 saturated carbocycles. The van der Waals surface area contributed by atoms with Crippen molar-refractivity contribution < 1.29 is 15.0 Å². The standard InChI is InChI=1S/C12H23NO3/c14-10-9-13(8-4-7-12(15)16)11-5-2-1-3-6-11/h11,14H,1-10H2,(H,15,16). The number of aliphatic carboxylic acids is 1. The fourth-order valence-corrected chi connectivity index (χ4v) is 2.48. The molecule has 0 radical (unpaired) electrons. The lowest BCUT2D eigenvalue weighted by Gasteiger charge is -2.33. The summed E-state index contributed by atoms with van der Waals surface area (Å²) in [6.07, 6.45) is 7.18. The maximum Gasteiger partial charge on any atom is 0.303 e. The van der Waals surface area contributed by atoms with Gasteiger partial charge in [0.15, 0.2) is 0 Å². The number of rotatable bonds is 7. The lowest BCUT2D eigenvalue weighted by atomic mass is 9.94. The molecular weight excluding hydrogens is 206 g/mol. The Labute approximate surface area is 97.3 Å². The van der Waals surface area contributed by atoms with Gasteiger partial charge in [-0.25, -0.2) is 0 Å². The molecule has 0 amide bonds. The van der Waals surface area contributed by atoms with E-state index in [9.17, 15) is 4.79 Å². The summed E-state index contributed by atoms with van der Waals surface area (Å²) < 4.78 is 0. The van der Waals surface area contributed by atoms with Crippen molar-refractivity contribution in [1.82, 2.24) is 4.90 Å². The molecule has 0 aromatic heterocycles. The molecule has 0 atom stereocenters. The largest absolute Gasteiger partial charge is 0.481 e. The van der Waals surface area contributed by atoms with Crippen molar-refractivity contribution >= 4 is 5.97 Å². The molecule has 1 rings (SSSR count). The molecule has 1 fully saturated rings. The molecule has 0 bridgehead atoms. The van der Waals surface area contributed by atoms with E-state index in [4.69, 9.17) is 10.2 Å². The fourth-order valence-electron chi connectivity index (χ4n) is 2.48. The lowest BCUT2D eigenvalue weighted by Crippen LogP contribution is -2.39. The second-order valence-corrected chi connectivity index (χ2v) is 4.55. The third kappa shape index (κ3) is 4.94. The first kappa shape index (κ1) is 13.5. The van der Waals surface area contributed by atoms with E-state index >= 15 is 0 Å². The third-order valence-electron chi connectivity index (χ3n) is 3.31. The van der Waals surface area contributed by atoms with Crippen LogP contribution in [0.1, 0.15) is 44.9 Å². The highest BCUT2D eigenvalue weighted by Gasteiger charge is 2.20. The molecule has 94 valence electrons. The molecule has 0 aliphatic heterocycles. The van der Waals surface area contributed by atoms with E-state index < -0.39 is 5.97 Å². The Kier molecular flexibility index (Phi) is 6.42. The first-order valence-corrected chi connectivity index (χ1v) is 6.30. The van der Waals surface area contributed by atoms with Crippen LogP contribution in [0.2, 0.25) is 0 Å². The molecule has 1 aliphatic rings. The number of nitrogens with zero attached hydrogens (tertiary/aromatic N) is 1. The van der Waals surface area contributed by atoms with Gasteiger partial charge in [-0.15, -0.1) is 0 Å². The number of aliphatic hydroxyl groups is 1. The maximum absolute atomic E-state index is 10.4. The quantitative estimate of drug-likeness (QED) is 0.694. The number of carboxylic acid groups (broad SMARTS) is 1. The third-order valence-corrected chi connectivity index (χ3v) is 3.31. The summed E-state index contributed by atoms with van der Waals surface area (Å²) in [6.45, 7) is 1.66. The van der Waals surface area contributed by atoms with Crippen LogP contribution in [-0.4, -0.2) is 46.8 Å². The van der Waals surface area contributed by atoms with Crippen molar-refractivity contribution in [2.24, 2.45) is 0 Å². The highest BCUT2D eigenvalue weighted by Crippen LogP contribution is 2.22. The molecule has 2 N–H and O–H groups in total. The van der Waals surface area contributed by atoms with Crippen molar-refractivity contribution in [2.75, 3.05) is 19.7 Å². The minimum Gasteiger partial charge on any atom is -0.481 e. The van der Waals surface area contributed by atoms with Crippen LogP contribution in [0.25, 0.3) is 0 Å². The topological polar surface area (TPSA) is 60.8 Å². The zero-order valence-corrected chi connectivity index (χ0v) is 9.90. The molecule has 0 saturated heterocycles. The van der Waals surface area contributed by atoms with Crippen molar-refractivity contribution in [2.45, 2.75) is 51.0 Å². The molecule has 0 aromatic carbocycles. The van der Waals surface area contributed by atoms with Crippen molar-refractivity contribution in [3.05, 3.63) is 0 Å². The van der Waals surface area contributed by atoms with Gasteiger partial charge >= 0.3 is 5.97 Å². The van der Waals surface area contributed by atoms with Gasteiger partial charge in [0, 0.05) is 19.0 Å². The molecule has 0 heterocycles. The fraction of sp³-hybridized carbons (Fsp3) is 0.917. The molecule has 1 aliphatic carbocycles. The van der Waals surface area contributed by atoms with E-state index in [1.807, 2.05) is 0 Å². The monoisotopic (exact) mass is 229 g/mol. The number of hydrogen-bond acceptors (Lipinski definition) is 3. The van der Waals surface area contributed by atoms with E-state index in [1.165, 1.54) is 32.1 Å². The zero-order chi connectivity index (χ0) is 11.8. The van der Waals surface area contributed by atoms with Gasteiger partial charge in [0.05, 0.1) is 6.61 Å². The predicted molar refractivity (Wildman–Crippen MR) is 62.4 cm³/mol. The molecule has 16 heavy (non-hydrogen) atoms. The normalized spacial score (nSPS) is 17.9. The summed E-state index contributed by atoms with van der Waals surface area (Å²) in [5.41, 5.74) is 0. The Balaban J connectivity index is 2.30. The Morgan fingerprint density at radius 3 is 2.44 bits per heavy atom. The first-order chi connectivity index (χ1) is 7.74. The average molecular weight is 229 g/mol. The minimum absolute atomic E-state index is 0.170. The summed E-state index contributed by atoms with van der Waals surface area (Å²) in [7, 11) is 0. The van der Waals surface area contributed by atoms with Crippen LogP contribution >= 0.6 is 0 Å². The van der Waals surface area contributed by atoms with Crippen LogP contribution in [0.15, 0.2) is 0 Å². The second kappa shape index (κ2) is 7.63. The average Bonchev–Trinajstić information content (AvgIpc) is 2.29. The van der Waals surface area contributed by atoms with Gasteiger partial charge in [0.2, 0.25) is 0 Å². The van der Waals surface area contributed by atoms with Crippen LogP contribution in [-0.2, 0) is 4.79 Å². The van der Waals surface area contributed by atoms with E-state index in [2.05, 4.69) is 4.90 Å². The van der Waals surface area contributed by atoms with E-state index in [0.717, 1.165) is 6.54 Å². The molecular formula is C12H23NO3. The van der Waals surface area contributed by atoms with Gasteiger partial charge in [-0.1, -0.05) is 19.3 Å². The molecule has 0 spiro atoms. The van der Waals surface area contributed by atoms with Gasteiger partial charge in [-0.3, -0.25) is 9.69 Å². The van der Waals surface area contributed by atoms with Gasteiger partial charge in [0.1, 0.15) is 0 Å². The second-order valence-electron chi connectivity index (χ2n) is 4.55. The first-order valence-electron chi connectivity index (χ1n) is 6.30. The van der Waals surface area contributed by atoms with Crippen molar-refractivity contribution in [3.8, 4) is 0 Å². The molecule has 4 nitrogen and oxygen atoms in total. The van der Waals surface area contributed by atoms with Gasteiger partial charge < -0.3 is 10.2 Å². The summed E-state index contributed by atoms with van der Waals surface area (Å²) in [6, 6.07) is 0.565.